The van der Waals surface area contributed by atoms with Crippen LogP contribution in [-0.4, -0.2) is 28.9 Å². The van der Waals surface area contributed by atoms with Crippen molar-refractivity contribution in [2.75, 3.05) is 18.5 Å². The highest BCUT2D eigenvalue weighted by atomic mass is 35.5. The number of carbonyl (C=O) groups excluding carboxylic acids is 1. The third-order valence-corrected chi connectivity index (χ3v) is 4.84. The number of halogens is 2. The molecule has 6 nitrogen and oxygen atoms in total. The monoisotopic (exact) mass is 409 g/mol. The maximum atomic E-state index is 12.3. The number of aryl methyl sites for hydroxylation is 2. The zero-order chi connectivity index (χ0) is 19.4. The largest absolute Gasteiger partial charge is 0.486 e. The number of hydrogen-bond donors (Lipinski definition) is 1. The second kappa shape index (κ2) is 8.67. The Labute approximate surface area is 168 Å². The summed E-state index contributed by atoms with van der Waals surface area (Å²) in [5.41, 5.74) is 1.96. The summed E-state index contributed by atoms with van der Waals surface area (Å²) in [7, 11) is 0. The third kappa shape index (κ3) is 4.57. The van der Waals surface area contributed by atoms with Crippen LogP contribution < -0.4 is 14.8 Å². The molecule has 27 heavy (non-hydrogen) atoms. The fraction of sp³-hybridized carbons (Fsp3) is 0.368. The summed E-state index contributed by atoms with van der Waals surface area (Å²) in [4.78, 5) is 12.3. The quantitative estimate of drug-likeness (QED) is 0.700. The van der Waals surface area contributed by atoms with Crippen molar-refractivity contribution in [3.05, 3.63) is 39.6 Å². The van der Waals surface area contributed by atoms with Gasteiger partial charge in [0.25, 0.3) is 0 Å². The van der Waals surface area contributed by atoms with Crippen molar-refractivity contribution in [3.63, 3.8) is 0 Å². The number of hydrogen-bond acceptors (Lipinski definition) is 4. The number of benzene rings is 1. The van der Waals surface area contributed by atoms with Gasteiger partial charge in [-0.25, -0.2) is 0 Å². The summed E-state index contributed by atoms with van der Waals surface area (Å²) in [5, 5.41) is 8.08. The average Bonchev–Trinajstić information content (AvgIpc) is 2.92. The molecule has 1 aromatic heterocycles. The fourth-order valence-electron chi connectivity index (χ4n) is 2.71. The van der Waals surface area contributed by atoms with Crippen molar-refractivity contribution in [2.45, 2.75) is 33.2 Å². The third-order valence-electron chi connectivity index (χ3n) is 4.12. The molecule has 1 aliphatic rings. The van der Waals surface area contributed by atoms with Crippen molar-refractivity contribution in [1.29, 1.82) is 0 Å². The molecule has 0 atom stereocenters. The SMILES string of the molecule is CCCCn1nc(C)c(/C=C/C(=O)Nc2cc3c(cc2Cl)OCCO3)c1Cl. The summed E-state index contributed by atoms with van der Waals surface area (Å²) in [6.45, 7) is 5.66. The van der Waals surface area contributed by atoms with E-state index in [0.717, 1.165) is 30.6 Å². The number of unbranched alkanes of at least 4 members (excludes halogenated alkanes) is 1. The molecular weight excluding hydrogens is 389 g/mol. The fourth-order valence-corrected chi connectivity index (χ4v) is 3.23. The number of aromatic nitrogens is 2. The molecule has 1 N–H and O–H groups in total. The standard InChI is InChI=1S/C19H21Cl2N3O3/c1-3-4-7-24-19(21)13(12(2)23-24)5-6-18(25)22-15-11-17-16(10-14(15)20)26-8-9-27-17/h5-6,10-11H,3-4,7-9H2,1-2H3,(H,22,25)/b6-5+. The van der Waals surface area contributed by atoms with Crippen LogP contribution in [0.2, 0.25) is 10.2 Å². The van der Waals surface area contributed by atoms with Gasteiger partial charge in [0.05, 0.1) is 16.4 Å². The molecule has 1 aromatic carbocycles. The summed E-state index contributed by atoms with van der Waals surface area (Å²) in [5.74, 6) is 0.799. The van der Waals surface area contributed by atoms with E-state index in [1.165, 1.54) is 6.08 Å². The first kappa shape index (κ1) is 19.6. The van der Waals surface area contributed by atoms with Crippen molar-refractivity contribution in [2.24, 2.45) is 0 Å². The van der Waals surface area contributed by atoms with Crippen LogP contribution in [0.5, 0.6) is 11.5 Å². The molecule has 0 fully saturated rings. The van der Waals surface area contributed by atoms with E-state index in [1.54, 1.807) is 22.9 Å². The molecule has 0 unspecified atom stereocenters. The number of carbonyl (C=O) groups is 1. The first-order valence-electron chi connectivity index (χ1n) is 8.80. The Bertz CT molecular complexity index is 878. The van der Waals surface area contributed by atoms with Gasteiger partial charge in [-0.1, -0.05) is 36.5 Å². The summed E-state index contributed by atoms with van der Waals surface area (Å²) in [6, 6.07) is 3.29. The van der Waals surface area contributed by atoms with Crippen molar-refractivity contribution in [3.8, 4) is 11.5 Å². The van der Waals surface area contributed by atoms with Gasteiger partial charge in [-0.3, -0.25) is 9.48 Å². The van der Waals surface area contributed by atoms with Gasteiger partial charge in [-0.2, -0.15) is 5.10 Å². The van der Waals surface area contributed by atoms with E-state index in [4.69, 9.17) is 32.7 Å². The number of anilines is 1. The van der Waals surface area contributed by atoms with Gasteiger partial charge >= 0.3 is 0 Å². The van der Waals surface area contributed by atoms with Crippen molar-refractivity contribution < 1.29 is 14.3 Å². The maximum Gasteiger partial charge on any atom is 0.248 e. The van der Waals surface area contributed by atoms with Gasteiger partial charge in [-0.15, -0.1) is 0 Å². The minimum absolute atomic E-state index is 0.328. The van der Waals surface area contributed by atoms with Gasteiger partial charge in [0.1, 0.15) is 18.4 Å². The minimum Gasteiger partial charge on any atom is -0.486 e. The van der Waals surface area contributed by atoms with E-state index in [-0.39, 0.29) is 5.91 Å². The van der Waals surface area contributed by atoms with E-state index < -0.39 is 0 Å². The zero-order valence-electron chi connectivity index (χ0n) is 15.2. The zero-order valence-corrected chi connectivity index (χ0v) is 16.7. The molecule has 0 spiro atoms. The number of rotatable bonds is 6. The normalized spacial score (nSPS) is 13.2. The second-order valence-electron chi connectivity index (χ2n) is 6.16. The van der Waals surface area contributed by atoms with Crippen LogP contribution in [0.1, 0.15) is 31.0 Å². The number of ether oxygens (including phenoxy) is 2. The topological polar surface area (TPSA) is 65.4 Å². The Kier molecular flexibility index (Phi) is 6.29. The van der Waals surface area contributed by atoms with Gasteiger partial charge in [0, 0.05) is 30.3 Å². The predicted molar refractivity (Wildman–Crippen MR) is 107 cm³/mol. The molecule has 3 rings (SSSR count). The Morgan fingerprint density at radius 1 is 1.30 bits per heavy atom. The lowest BCUT2D eigenvalue weighted by Crippen LogP contribution is -2.16. The van der Waals surface area contributed by atoms with E-state index in [9.17, 15) is 4.79 Å². The maximum absolute atomic E-state index is 12.3. The smallest absolute Gasteiger partial charge is 0.248 e. The average molecular weight is 410 g/mol. The molecule has 0 radical (unpaired) electrons. The number of nitrogens with zero attached hydrogens (tertiary/aromatic N) is 2. The lowest BCUT2D eigenvalue weighted by atomic mass is 10.2. The van der Waals surface area contributed by atoms with Crippen LogP contribution in [0.25, 0.3) is 6.08 Å². The summed E-state index contributed by atoms with van der Waals surface area (Å²) in [6.07, 6.45) is 5.12. The highest BCUT2D eigenvalue weighted by molar-refractivity contribution is 6.34. The molecule has 8 heteroatoms. The first-order valence-corrected chi connectivity index (χ1v) is 9.56. The molecule has 2 aromatic rings. The van der Waals surface area contributed by atoms with Crippen LogP contribution in [0, 0.1) is 6.92 Å². The molecule has 0 bridgehead atoms. The predicted octanol–water partition coefficient (Wildman–Crippen LogP) is 4.72. The van der Waals surface area contributed by atoms with Crippen LogP contribution in [-0.2, 0) is 11.3 Å². The Morgan fingerprint density at radius 3 is 2.70 bits per heavy atom. The lowest BCUT2D eigenvalue weighted by molar-refractivity contribution is -0.111. The van der Waals surface area contributed by atoms with E-state index in [1.807, 2.05) is 6.92 Å². The number of fused-ring (bicyclic) bond motifs is 1. The Morgan fingerprint density at radius 2 is 2.00 bits per heavy atom. The van der Waals surface area contributed by atoms with Crippen LogP contribution in [0.4, 0.5) is 5.69 Å². The second-order valence-corrected chi connectivity index (χ2v) is 6.93. The van der Waals surface area contributed by atoms with E-state index in [0.29, 0.717) is 40.6 Å². The van der Waals surface area contributed by atoms with Crippen molar-refractivity contribution >= 4 is 40.9 Å². The van der Waals surface area contributed by atoms with Gasteiger partial charge in [-0.05, 0) is 19.4 Å². The van der Waals surface area contributed by atoms with Gasteiger partial charge < -0.3 is 14.8 Å². The Balaban J connectivity index is 1.72. The van der Waals surface area contributed by atoms with Crippen LogP contribution >= 0.6 is 23.2 Å². The molecule has 0 saturated heterocycles. The minimum atomic E-state index is -0.328. The summed E-state index contributed by atoms with van der Waals surface area (Å²) < 4.78 is 12.7. The van der Waals surface area contributed by atoms with Crippen LogP contribution in [0.15, 0.2) is 18.2 Å². The van der Waals surface area contributed by atoms with Crippen LogP contribution in [0.3, 0.4) is 0 Å². The number of amides is 1. The molecule has 144 valence electrons. The van der Waals surface area contributed by atoms with Crippen molar-refractivity contribution in [1.82, 2.24) is 9.78 Å². The highest BCUT2D eigenvalue weighted by Crippen LogP contribution is 2.38. The van der Waals surface area contributed by atoms with Gasteiger partial charge in [0.15, 0.2) is 11.5 Å². The lowest BCUT2D eigenvalue weighted by Gasteiger charge is -2.19. The van der Waals surface area contributed by atoms with E-state index in [2.05, 4.69) is 17.3 Å². The molecule has 1 aliphatic heterocycles. The first-order chi connectivity index (χ1) is 13.0. The number of nitrogens with one attached hydrogen (secondary N) is 1. The molecule has 1 amide bonds. The Hall–Kier alpha value is -2.18. The van der Waals surface area contributed by atoms with E-state index >= 15 is 0 Å². The van der Waals surface area contributed by atoms with Gasteiger partial charge in [0.2, 0.25) is 5.91 Å². The molecule has 0 aliphatic carbocycles. The molecular formula is C19H21Cl2N3O3. The summed E-state index contributed by atoms with van der Waals surface area (Å²) >= 11 is 12.6. The molecule has 2 heterocycles. The highest BCUT2D eigenvalue weighted by Gasteiger charge is 2.16. The molecule has 0 saturated carbocycles.